The van der Waals surface area contributed by atoms with Crippen LogP contribution in [0.5, 0.6) is 0 Å². The highest BCUT2D eigenvalue weighted by Crippen LogP contribution is 2.26. The standard InChI is InChI=1S/C15H22ClNO/c1-11(14-8-3-4-9-15(14)16)17-12-6-5-7-13(10-12)18-2/h3-4,8-9,11-13,17H,5-7,10H2,1-2H3/t11-,12?,13?/m1/s1. The molecule has 1 aliphatic rings. The van der Waals surface area contributed by atoms with Crippen molar-refractivity contribution in [2.45, 2.75) is 50.8 Å². The predicted molar refractivity (Wildman–Crippen MR) is 76.1 cm³/mol. The summed E-state index contributed by atoms with van der Waals surface area (Å²) < 4.78 is 5.47. The molecular formula is C15H22ClNO. The minimum atomic E-state index is 0.291. The Morgan fingerprint density at radius 3 is 2.83 bits per heavy atom. The maximum absolute atomic E-state index is 6.23. The zero-order valence-corrected chi connectivity index (χ0v) is 11.9. The summed E-state index contributed by atoms with van der Waals surface area (Å²) in [4.78, 5) is 0. The highest BCUT2D eigenvalue weighted by atomic mass is 35.5. The molecule has 1 aliphatic carbocycles. The summed E-state index contributed by atoms with van der Waals surface area (Å²) in [5.41, 5.74) is 1.18. The molecule has 3 atom stereocenters. The van der Waals surface area contributed by atoms with Crippen LogP contribution in [0, 0.1) is 0 Å². The van der Waals surface area contributed by atoms with Gasteiger partial charge >= 0.3 is 0 Å². The summed E-state index contributed by atoms with van der Waals surface area (Å²) >= 11 is 6.23. The first-order valence-electron chi connectivity index (χ1n) is 6.74. The van der Waals surface area contributed by atoms with E-state index in [9.17, 15) is 0 Å². The second kappa shape index (κ2) is 6.55. The molecule has 1 aromatic rings. The summed E-state index contributed by atoms with van der Waals surface area (Å²) in [5, 5.41) is 4.52. The lowest BCUT2D eigenvalue weighted by molar-refractivity contribution is 0.0572. The number of benzene rings is 1. The number of rotatable bonds is 4. The molecule has 2 unspecified atom stereocenters. The molecule has 100 valence electrons. The number of hydrogen-bond acceptors (Lipinski definition) is 2. The third-order valence-electron chi connectivity index (χ3n) is 3.82. The van der Waals surface area contributed by atoms with Gasteiger partial charge in [0.15, 0.2) is 0 Å². The van der Waals surface area contributed by atoms with E-state index < -0.39 is 0 Å². The van der Waals surface area contributed by atoms with Crippen molar-refractivity contribution in [3.8, 4) is 0 Å². The Labute approximate surface area is 115 Å². The summed E-state index contributed by atoms with van der Waals surface area (Å²) in [5.74, 6) is 0. The zero-order valence-electron chi connectivity index (χ0n) is 11.2. The van der Waals surface area contributed by atoms with E-state index in [1.54, 1.807) is 0 Å². The molecule has 0 aliphatic heterocycles. The van der Waals surface area contributed by atoms with Gasteiger partial charge in [-0.1, -0.05) is 29.8 Å². The number of methoxy groups -OCH3 is 1. The molecule has 0 aromatic heterocycles. The topological polar surface area (TPSA) is 21.3 Å². The second-order valence-electron chi connectivity index (χ2n) is 5.13. The molecule has 18 heavy (non-hydrogen) atoms. The number of halogens is 1. The van der Waals surface area contributed by atoms with Crippen LogP contribution in [0.2, 0.25) is 5.02 Å². The van der Waals surface area contributed by atoms with Crippen LogP contribution >= 0.6 is 11.6 Å². The Bertz CT molecular complexity index is 383. The molecule has 0 spiro atoms. The second-order valence-corrected chi connectivity index (χ2v) is 5.54. The molecule has 2 nitrogen and oxygen atoms in total. The third-order valence-corrected chi connectivity index (χ3v) is 4.16. The highest BCUT2D eigenvalue weighted by molar-refractivity contribution is 6.31. The normalized spacial score (nSPS) is 25.9. The quantitative estimate of drug-likeness (QED) is 0.892. The first-order chi connectivity index (χ1) is 8.70. The van der Waals surface area contributed by atoms with Crippen LogP contribution in [0.25, 0.3) is 0 Å². The zero-order chi connectivity index (χ0) is 13.0. The van der Waals surface area contributed by atoms with E-state index in [4.69, 9.17) is 16.3 Å². The molecule has 3 heteroatoms. The van der Waals surface area contributed by atoms with E-state index >= 15 is 0 Å². The smallest absolute Gasteiger partial charge is 0.0586 e. The molecule has 0 saturated heterocycles. The van der Waals surface area contributed by atoms with Crippen LogP contribution in [0.3, 0.4) is 0 Å². The number of hydrogen-bond donors (Lipinski definition) is 1. The Kier molecular flexibility index (Phi) is 5.04. The maximum Gasteiger partial charge on any atom is 0.0586 e. The molecule has 2 rings (SSSR count). The molecule has 0 heterocycles. The van der Waals surface area contributed by atoms with Crippen LogP contribution in [-0.4, -0.2) is 19.3 Å². The van der Waals surface area contributed by atoms with Crippen molar-refractivity contribution < 1.29 is 4.74 Å². The van der Waals surface area contributed by atoms with Gasteiger partial charge in [0.1, 0.15) is 0 Å². The van der Waals surface area contributed by atoms with Crippen LogP contribution in [0.1, 0.15) is 44.2 Å². The Morgan fingerprint density at radius 2 is 2.11 bits per heavy atom. The summed E-state index contributed by atoms with van der Waals surface area (Å²) in [6.45, 7) is 2.18. The Morgan fingerprint density at radius 1 is 1.33 bits per heavy atom. The van der Waals surface area contributed by atoms with Crippen molar-refractivity contribution >= 4 is 11.6 Å². The van der Waals surface area contributed by atoms with Crippen molar-refractivity contribution in [1.29, 1.82) is 0 Å². The van der Waals surface area contributed by atoms with E-state index in [1.165, 1.54) is 24.8 Å². The average molecular weight is 268 g/mol. The van der Waals surface area contributed by atoms with E-state index in [-0.39, 0.29) is 0 Å². The largest absolute Gasteiger partial charge is 0.381 e. The Hall–Kier alpha value is -0.570. The maximum atomic E-state index is 6.23. The van der Waals surface area contributed by atoms with Gasteiger partial charge in [-0.3, -0.25) is 0 Å². The lowest BCUT2D eigenvalue weighted by atomic mass is 9.92. The first-order valence-corrected chi connectivity index (χ1v) is 7.11. The molecule has 1 saturated carbocycles. The van der Waals surface area contributed by atoms with Gasteiger partial charge in [0, 0.05) is 24.2 Å². The van der Waals surface area contributed by atoms with E-state index in [1.807, 2.05) is 25.3 Å². The third kappa shape index (κ3) is 3.47. The average Bonchev–Trinajstić information content (AvgIpc) is 2.39. The molecule has 0 radical (unpaired) electrons. The van der Waals surface area contributed by atoms with Crippen LogP contribution < -0.4 is 5.32 Å². The van der Waals surface area contributed by atoms with E-state index in [0.717, 1.165) is 11.4 Å². The summed E-state index contributed by atoms with van der Waals surface area (Å²) in [6.07, 6.45) is 5.18. The van der Waals surface area contributed by atoms with Gasteiger partial charge < -0.3 is 10.1 Å². The van der Waals surface area contributed by atoms with Crippen molar-refractivity contribution in [3.05, 3.63) is 34.9 Å². The lowest BCUT2D eigenvalue weighted by Crippen LogP contribution is -2.38. The fourth-order valence-electron chi connectivity index (χ4n) is 2.78. The fourth-order valence-corrected chi connectivity index (χ4v) is 3.08. The summed E-state index contributed by atoms with van der Waals surface area (Å²) in [6, 6.07) is 8.89. The molecule has 0 amide bonds. The molecule has 1 aromatic carbocycles. The van der Waals surface area contributed by atoms with Gasteiger partial charge in [-0.05, 0) is 44.2 Å². The molecule has 1 N–H and O–H groups in total. The van der Waals surface area contributed by atoms with Gasteiger partial charge in [0.2, 0.25) is 0 Å². The van der Waals surface area contributed by atoms with Crippen molar-refractivity contribution in [2.24, 2.45) is 0 Å². The minimum absolute atomic E-state index is 0.291. The molecular weight excluding hydrogens is 246 g/mol. The van der Waals surface area contributed by atoms with Gasteiger partial charge in [0.05, 0.1) is 6.10 Å². The predicted octanol–water partition coefficient (Wildman–Crippen LogP) is 3.95. The Balaban J connectivity index is 1.95. The first kappa shape index (κ1) is 13.9. The molecule has 0 bridgehead atoms. The molecule has 1 fully saturated rings. The van der Waals surface area contributed by atoms with Crippen molar-refractivity contribution in [3.63, 3.8) is 0 Å². The van der Waals surface area contributed by atoms with Gasteiger partial charge in [-0.15, -0.1) is 0 Å². The highest BCUT2D eigenvalue weighted by Gasteiger charge is 2.23. The van der Waals surface area contributed by atoms with E-state index in [2.05, 4.69) is 18.3 Å². The van der Waals surface area contributed by atoms with Gasteiger partial charge in [0.25, 0.3) is 0 Å². The minimum Gasteiger partial charge on any atom is -0.381 e. The number of ether oxygens (including phenoxy) is 1. The van der Waals surface area contributed by atoms with Crippen molar-refractivity contribution in [1.82, 2.24) is 5.32 Å². The van der Waals surface area contributed by atoms with Crippen molar-refractivity contribution in [2.75, 3.05) is 7.11 Å². The van der Waals surface area contributed by atoms with Gasteiger partial charge in [-0.25, -0.2) is 0 Å². The van der Waals surface area contributed by atoms with Crippen LogP contribution in [0.15, 0.2) is 24.3 Å². The van der Waals surface area contributed by atoms with Gasteiger partial charge in [-0.2, -0.15) is 0 Å². The van der Waals surface area contributed by atoms with Crippen LogP contribution in [0.4, 0.5) is 0 Å². The van der Waals surface area contributed by atoms with E-state index in [0.29, 0.717) is 18.2 Å². The monoisotopic (exact) mass is 267 g/mol. The SMILES string of the molecule is COC1CCCC(N[C@H](C)c2ccccc2Cl)C1. The summed E-state index contributed by atoms with van der Waals surface area (Å²) in [7, 11) is 1.81. The number of nitrogens with one attached hydrogen (secondary N) is 1. The van der Waals surface area contributed by atoms with Crippen LogP contribution in [-0.2, 0) is 4.74 Å². The lowest BCUT2D eigenvalue weighted by Gasteiger charge is -2.31. The fraction of sp³-hybridized carbons (Fsp3) is 0.600.